The van der Waals surface area contributed by atoms with Gasteiger partial charge in [-0.1, -0.05) is 24.3 Å². The Bertz CT molecular complexity index is 1110. The SMILES string of the molecule is C=CCOc1c(Br)cc(/C=C2\SC(=O)N(Cc3cc4c(cc3Cl)OCO4)C2=O)cc1Br. The second-order valence-electron chi connectivity index (χ2n) is 6.48. The number of ether oxygens (including phenoxy) is 3. The molecule has 0 N–H and O–H groups in total. The van der Waals surface area contributed by atoms with Gasteiger partial charge in [0.2, 0.25) is 6.79 Å². The quantitative estimate of drug-likeness (QED) is 0.288. The molecule has 6 nitrogen and oxygen atoms in total. The molecule has 160 valence electrons. The highest BCUT2D eigenvalue weighted by atomic mass is 79.9. The van der Waals surface area contributed by atoms with E-state index in [0.29, 0.717) is 48.3 Å². The van der Waals surface area contributed by atoms with Gasteiger partial charge in [0.05, 0.1) is 20.4 Å². The highest BCUT2D eigenvalue weighted by Crippen LogP contribution is 2.40. The number of fused-ring (bicyclic) bond motifs is 1. The number of thioether (sulfide) groups is 1. The summed E-state index contributed by atoms with van der Waals surface area (Å²) < 4.78 is 17.7. The maximum Gasteiger partial charge on any atom is 0.293 e. The summed E-state index contributed by atoms with van der Waals surface area (Å²) in [7, 11) is 0. The molecule has 4 rings (SSSR count). The molecule has 0 radical (unpaired) electrons. The van der Waals surface area contributed by atoms with Gasteiger partial charge in [-0.05, 0) is 79.0 Å². The molecule has 0 spiro atoms. The standard InChI is InChI=1S/C21H14Br2ClNO5S/c1-2-3-28-19-13(22)4-11(5-14(19)23)6-18-20(26)25(21(27)31-18)9-12-7-16-17(8-15(12)24)30-10-29-16/h2,4-8H,1,3,9-10H2/b18-6-. The van der Waals surface area contributed by atoms with Gasteiger partial charge >= 0.3 is 0 Å². The van der Waals surface area contributed by atoms with E-state index in [1.54, 1.807) is 24.3 Å². The summed E-state index contributed by atoms with van der Waals surface area (Å²) in [5.74, 6) is 1.32. The van der Waals surface area contributed by atoms with Gasteiger partial charge < -0.3 is 14.2 Å². The van der Waals surface area contributed by atoms with Gasteiger partial charge in [-0.15, -0.1) is 0 Å². The monoisotopic (exact) mass is 585 g/mol. The van der Waals surface area contributed by atoms with Crippen LogP contribution in [0.3, 0.4) is 0 Å². The van der Waals surface area contributed by atoms with Gasteiger partial charge in [-0.25, -0.2) is 0 Å². The van der Waals surface area contributed by atoms with Crippen LogP contribution in [0.15, 0.2) is 50.8 Å². The van der Waals surface area contributed by atoms with Gasteiger partial charge in [0.15, 0.2) is 11.5 Å². The molecular formula is C21H14Br2ClNO5S. The maximum atomic E-state index is 12.9. The van der Waals surface area contributed by atoms with Crippen LogP contribution in [0.1, 0.15) is 11.1 Å². The number of carbonyl (C=O) groups is 2. The van der Waals surface area contributed by atoms with Crippen LogP contribution in [0.4, 0.5) is 4.79 Å². The second kappa shape index (κ2) is 9.28. The van der Waals surface area contributed by atoms with Crippen LogP contribution in [0, 0.1) is 0 Å². The van der Waals surface area contributed by atoms with E-state index in [-0.39, 0.29) is 24.5 Å². The molecule has 2 aliphatic rings. The molecule has 1 saturated heterocycles. The Hall–Kier alpha value is -1.94. The minimum absolute atomic E-state index is 0.0409. The third-order valence-corrected chi connectivity index (χ3v) is 6.84. The summed E-state index contributed by atoms with van der Waals surface area (Å²) in [4.78, 5) is 26.9. The zero-order chi connectivity index (χ0) is 22.1. The summed E-state index contributed by atoms with van der Waals surface area (Å²) in [5.41, 5.74) is 1.33. The fourth-order valence-corrected chi connectivity index (χ4v) is 5.48. The average molecular weight is 588 g/mol. The number of imide groups is 1. The summed E-state index contributed by atoms with van der Waals surface area (Å²) in [5, 5.41) is 0.0318. The Balaban J connectivity index is 1.56. The normalized spacial score (nSPS) is 16.4. The van der Waals surface area contributed by atoms with E-state index in [1.807, 2.05) is 12.1 Å². The molecular weight excluding hydrogens is 574 g/mol. The van der Waals surface area contributed by atoms with Gasteiger partial charge in [0.1, 0.15) is 12.4 Å². The summed E-state index contributed by atoms with van der Waals surface area (Å²) >= 11 is 14.1. The van der Waals surface area contributed by atoms with Crippen LogP contribution in [0.2, 0.25) is 5.02 Å². The molecule has 0 saturated carbocycles. The molecule has 2 amide bonds. The molecule has 1 fully saturated rings. The first kappa shape index (κ1) is 22.3. The zero-order valence-corrected chi connectivity index (χ0v) is 20.6. The molecule has 2 heterocycles. The predicted octanol–water partition coefficient (Wildman–Crippen LogP) is 6.40. The summed E-state index contributed by atoms with van der Waals surface area (Å²) in [6.07, 6.45) is 3.31. The van der Waals surface area contributed by atoms with Crippen LogP contribution in [0.25, 0.3) is 6.08 Å². The molecule has 10 heteroatoms. The Morgan fingerprint density at radius 3 is 2.52 bits per heavy atom. The second-order valence-corrected chi connectivity index (χ2v) is 9.59. The van der Waals surface area contributed by atoms with E-state index < -0.39 is 0 Å². The molecule has 0 aliphatic carbocycles. The van der Waals surface area contributed by atoms with Crippen molar-refractivity contribution in [1.29, 1.82) is 0 Å². The lowest BCUT2D eigenvalue weighted by atomic mass is 10.1. The Labute approximate surface area is 204 Å². The predicted molar refractivity (Wildman–Crippen MR) is 127 cm³/mol. The van der Waals surface area contributed by atoms with E-state index in [4.69, 9.17) is 25.8 Å². The lowest BCUT2D eigenvalue weighted by molar-refractivity contribution is -0.123. The molecule has 0 atom stereocenters. The third kappa shape index (κ3) is 4.64. The number of benzene rings is 2. The average Bonchev–Trinajstić information content (AvgIpc) is 3.27. The molecule has 2 aromatic carbocycles. The van der Waals surface area contributed by atoms with Gasteiger partial charge in [0.25, 0.3) is 11.1 Å². The molecule has 0 aromatic heterocycles. The first-order valence-electron chi connectivity index (χ1n) is 8.93. The summed E-state index contributed by atoms with van der Waals surface area (Å²) in [6.45, 7) is 4.15. The van der Waals surface area contributed by atoms with Crippen molar-refractivity contribution in [1.82, 2.24) is 4.90 Å². The summed E-state index contributed by atoms with van der Waals surface area (Å²) in [6, 6.07) is 6.94. The molecule has 0 unspecified atom stereocenters. The van der Waals surface area contributed by atoms with E-state index in [0.717, 1.165) is 22.2 Å². The first-order valence-corrected chi connectivity index (χ1v) is 11.7. The van der Waals surface area contributed by atoms with E-state index in [1.165, 1.54) is 0 Å². The van der Waals surface area contributed by atoms with Crippen molar-refractivity contribution in [2.45, 2.75) is 6.54 Å². The number of rotatable bonds is 6. The van der Waals surface area contributed by atoms with Crippen LogP contribution in [0.5, 0.6) is 17.2 Å². The first-order chi connectivity index (χ1) is 14.9. The van der Waals surface area contributed by atoms with Gasteiger partial charge in [0, 0.05) is 11.1 Å². The van der Waals surface area contributed by atoms with Gasteiger partial charge in [-0.3, -0.25) is 14.5 Å². The van der Waals surface area contributed by atoms with Crippen molar-refractivity contribution in [3.8, 4) is 17.2 Å². The topological polar surface area (TPSA) is 65.1 Å². The minimum Gasteiger partial charge on any atom is -0.487 e. The fraction of sp³-hybridized carbons (Fsp3) is 0.143. The molecule has 31 heavy (non-hydrogen) atoms. The van der Waals surface area contributed by atoms with Crippen molar-refractivity contribution in [2.24, 2.45) is 0 Å². The van der Waals surface area contributed by atoms with Crippen molar-refractivity contribution in [3.05, 3.63) is 66.9 Å². The maximum absolute atomic E-state index is 12.9. The van der Waals surface area contributed by atoms with E-state index >= 15 is 0 Å². The Morgan fingerprint density at radius 1 is 1.16 bits per heavy atom. The fourth-order valence-electron chi connectivity index (χ4n) is 2.98. The Morgan fingerprint density at radius 2 is 1.84 bits per heavy atom. The number of halogens is 3. The van der Waals surface area contributed by atoms with Crippen molar-refractivity contribution < 1.29 is 23.8 Å². The van der Waals surface area contributed by atoms with Crippen molar-refractivity contribution in [3.63, 3.8) is 0 Å². The highest BCUT2D eigenvalue weighted by molar-refractivity contribution is 9.11. The number of hydrogen-bond acceptors (Lipinski definition) is 6. The van der Waals surface area contributed by atoms with Crippen molar-refractivity contribution >= 4 is 72.4 Å². The lowest BCUT2D eigenvalue weighted by Crippen LogP contribution is -2.27. The van der Waals surface area contributed by atoms with Crippen LogP contribution in [-0.4, -0.2) is 29.4 Å². The van der Waals surface area contributed by atoms with Gasteiger partial charge in [-0.2, -0.15) is 0 Å². The van der Waals surface area contributed by atoms with Crippen molar-refractivity contribution in [2.75, 3.05) is 13.4 Å². The van der Waals surface area contributed by atoms with E-state index in [2.05, 4.69) is 38.4 Å². The number of amides is 2. The highest BCUT2D eigenvalue weighted by Gasteiger charge is 2.35. The van der Waals surface area contributed by atoms with Crippen LogP contribution >= 0.6 is 55.2 Å². The smallest absolute Gasteiger partial charge is 0.293 e. The molecule has 2 aliphatic heterocycles. The Kier molecular flexibility index (Phi) is 6.66. The minimum atomic E-state index is -0.386. The van der Waals surface area contributed by atoms with E-state index in [9.17, 15) is 9.59 Å². The van der Waals surface area contributed by atoms with Crippen LogP contribution < -0.4 is 14.2 Å². The number of nitrogens with zero attached hydrogens (tertiary/aromatic N) is 1. The largest absolute Gasteiger partial charge is 0.487 e. The number of hydrogen-bond donors (Lipinski definition) is 0. The van der Waals surface area contributed by atoms with Crippen LogP contribution in [-0.2, 0) is 11.3 Å². The number of carbonyl (C=O) groups excluding carboxylic acids is 2. The zero-order valence-electron chi connectivity index (χ0n) is 15.8. The lowest BCUT2D eigenvalue weighted by Gasteiger charge is -2.14. The molecule has 0 bridgehead atoms. The third-order valence-electron chi connectivity index (χ3n) is 4.41. The molecule has 2 aromatic rings.